The third-order valence-corrected chi connectivity index (χ3v) is 4.14. The maximum absolute atomic E-state index is 11.9. The van der Waals surface area contributed by atoms with Gasteiger partial charge in [-0.05, 0) is 19.1 Å². The van der Waals surface area contributed by atoms with E-state index in [4.69, 9.17) is 16.4 Å². The molecule has 0 aliphatic carbocycles. The van der Waals surface area contributed by atoms with Crippen LogP contribution in [0.25, 0.3) is 0 Å². The van der Waals surface area contributed by atoms with E-state index < -0.39 is 10.0 Å². The van der Waals surface area contributed by atoms with Crippen molar-refractivity contribution in [1.29, 1.82) is 0 Å². The summed E-state index contributed by atoms with van der Waals surface area (Å²) in [6.45, 7) is 1.90. The zero-order valence-electron chi connectivity index (χ0n) is 8.47. The first kappa shape index (κ1) is 12.4. The van der Waals surface area contributed by atoms with Crippen molar-refractivity contribution in [1.82, 2.24) is 4.47 Å². The van der Waals surface area contributed by atoms with Gasteiger partial charge in [-0.25, -0.2) is 8.42 Å². The number of hydroxylamine groups is 1. The Morgan fingerprint density at radius 3 is 2.47 bits per heavy atom. The minimum Gasteiger partial charge on any atom is -0.287 e. The largest absolute Gasteiger partial charge is 0.287 e. The van der Waals surface area contributed by atoms with Crippen LogP contribution in [0.2, 0.25) is 5.02 Å². The molecule has 0 aliphatic rings. The lowest BCUT2D eigenvalue weighted by molar-refractivity contribution is -0.0442. The van der Waals surface area contributed by atoms with Gasteiger partial charge in [-0.1, -0.05) is 28.2 Å². The van der Waals surface area contributed by atoms with Crippen molar-refractivity contribution in [2.45, 2.75) is 11.8 Å². The first-order valence-electron chi connectivity index (χ1n) is 4.35. The summed E-state index contributed by atoms with van der Waals surface area (Å²) in [4.78, 5) is 4.81. The highest BCUT2D eigenvalue weighted by molar-refractivity contribution is 7.89. The third-order valence-electron chi connectivity index (χ3n) is 1.84. The first-order chi connectivity index (χ1) is 7.04. The zero-order chi connectivity index (χ0) is 11.5. The van der Waals surface area contributed by atoms with Crippen LogP contribution in [-0.4, -0.2) is 26.5 Å². The topological polar surface area (TPSA) is 46.6 Å². The average molecular weight is 250 g/mol. The van der Waals surface area contributed by atoms with E-state index in [0.717, 1.165) is 4.47 Å². The summed E-state index contributed by atoms with van der Waals surface area (Å²) < 4.78 is 24.7. The number of sulfonamides is 1. The molecule has 0 fully saturated rings. The van der Waals surface area contributed by atoms with Gasteiger partial charge in [0, 0.05) is 6.54 Å². The Kier molecular flexibility index (Phi) is 4.10. The molecule has 0 aromatic heterocycles. The normalized spacial score (nSPS) is 12.0. The fourth-order valence-electron chi connectivity index (χ4n) is 1.16. The minimum absolute atomic E-state index is 0.0513. The van der Waals surface area contributed by atoms with E-state index in [1.54, 1.807) is 19.1 Å². The molecule has 0 radical (unpaired) electrons. The van der Waals surface area contributed by atoms with Gasteiger partial charge in [-0.15, -0.1) is 0 Å². The second kappa shape index (κ2) is 4.94. The Morgan fingerprint density at radius 1 is 1.40 bits per heavy atom. The molecule has 0 bridgehead atoms. The molecule has 0 heterocycles. The molecule has 0 aliphatic heterocycles. The Bertz CT molecular complexity index is 429. The SMILES string of the molecule is CCN(OC)S(=O)(=O)c1ccccc1Cl. The maximum Gasteiger partial charge on any atom is 0.266 e. The number of halogens is 1. The second-order valence-corrected chi connectivity index (χ2v) is 4.94. The lowest BCUT2D eigenvalue weighted by atomic mass is 10.4. The van der Waals surface area contributed by atoms with Gasteiger partial charge in [-0.3, -0.25) is 4.84 Å². The number of rotatable bonds is 4. The van der Waals surface area contributed by atoms with Crippen molar-refractivity contribution < 1.29 is 13.3 Å². The molecule has 0 spiro atoms. The predicted molar refractivity (Wildman–Crippen MR) is 58.0 cm³/mol. The summed E-state index contributed by atoms with van der Waals surface area (Å²) in [6.07, 6.45) is 0. The minimum atomic E-state index is -3.65. The molecule has 0 unspecified atom stereocenters. The lowest BCUT2D eigenvalue weighted by Gasteiger charge is -2.17. The van der Waals surface area contributed by atoms with E-state index in [9.17, 15) is 8.42 Å². The van der Waals surface area contributed by atoms with Gasteiger partial charge in [0.05, 0.1) is 12.1 Å². The number of hydrogen-bond acceptors (Lipinski definition) is 3. The van der Waals surface area contributed by atoms with Crippen molar-refractivity contribution in [2.24, 2.45) is 0 Å². The monoisotopic (exact) mass is 249 g/mol. The van der Waals surface area contributed by atoms with Crippen LogP contribution in [0, 0.1) is 0 Å². The Balaban J connectivity index is 3.23. The fourth-order valence-corrected chi connectivity index (χ4v) is 2.91. The zero-order valence-corrected chi connectivity index (χ0v) is 10.0. The Hall–Kier alpha value is -0.620. The molecule has 0 N–H and O–H groups in total. The van der Waals surface area contributed by atoms with Crippen LogP contribution in [-0.2, 0) is 14.9 Å². The van der Waals surface area contributed by atoms with E-state index >= 15 is 0 Å². The Morgan fingerprint density at radius 2 is 2.00 bits per heavy atom. The molecule has 1 aromatic rings. The molecule has 0 atom stereocenters. The highest BCUT2D eigenvalue weighted by atomic mass is 35.5. The molecule has 6 heteroatoms. The van der Waals surface area contributed by atoms with E-state index in [1.807, 2.05) is 0 Å². The van der Waals surface area contributed by atoms with E-state index in [2.05, 4.69) is 0 Å². The quantitative estimate of drug-likeness (QED) is 0.766. The van der Waals surface area contributed by atoms with E-state index in [-0.39, 0.29) is 16.5 Å². The van der Waals surface area contributed by atoms with E-state index in [1.165, 1.54) is 19.2 Å². The summed E-state index contributed by atoms with van der Waals surface area (Å²) in [5.74, 6) is 0. The van der Waals surface area contributed by atoms with Crippen molar-refractivity contribution in [2.75, 3.05) is 13.7 Å². The lowest BCUT2D eigenvalue weighted by Crippen LogP contribution is -2.29. The summed E-state index contributed by atoms with van der Waals surface area (Å²) in [7, 11) is -2.35. The van der Waals surface area contributed by atoms with Crippen LogP contribution in [0.15, 0.2) is 29.2 Å². The third kappa shape index (κ3) is 2.49. The van der Waals surface area contributed by atoms with Crippen molar-refractivity contribution in [3.05, 3.63) is 29.3 Å². The Labute approximate surface area is 94.4 Å². The highest BCUT2D eigenvalue weighted by Gasteiger charge is 2.25. The average Bonchev–Trinajstić information content (AvgIpc) is 2.19. The molecule has 84 valence electrons. The molecule has 1 rings (SSSR count). The second-order valence-electron chi connectivity index (χ2n) is 2.74. The molecule has 0 saturated heterocycles. The van der Waals surface area contributed by atoms with Gasteiger partial charge in [0.2, 0.25) is 0 Å². The van der Waals surface area contributed by atoms with Gasteiger partial charge in [0.1, 0.15) is 4.90 Å². The molecule has 4 nitrogen and oxygen atoms in total. The molecular weight excluding hydrogens is 238 g/mol. The highest BCUT2D eigenvalue weighted by Crippen LogP contribution is 2.23. The number of nitrogens with zero attached hydrogens (tertiary/aromatic N) is 1. The van der Waals surface area contributed by atoms with Crippen molar-refractivity contribution >= 4 is 21.6 Å². The van der Waals surface area contributed by atoms with Crippen LogP contribution in [0.1, 0.15) is 6.92 Å². The predicted octanol–water partition coefficient (Wildman–Crippen LogP) is 1.91. The summed E-state index contributed by atoms with van der Waals surface area (Å²) in [5.41, 5.74) is 0. The van der Waals surface area contributed by atoms with Gasteiger partial charge in [0.25, 0.3) is 10.0 Å². The van der Waals surface area contributed by atoms with Gasteiger partial charge in [0.15, 0.2) is 0 Å². The molecule has 0 saturated carbocycles. The summed E-state index contributed by atoms with van der Waals surface area (Å²) in [5, 5.41) is 0.188. The summed E-state index contributed by atoms with van der Waals surface area (Å²) >= 11 is 5.81. The number of hydrogen-bond donors (Lipinski definition) is 0. The smallest absolute Gasteiger partial charge is 0.266 e. The number of benzene rings is 1. The van der Waals surface area contributed by atoms with Crippen LogP contribution in [0.4, 0.5) is 0 Å². The molecule has 15 heavy (non-hydrogen) atoms. The van der Waals surface area contributed by atoms with Crippen molar-refractivity contribution in [3.63, 3.8) is 0 Å². The van der Waals surface area contributed by atoms with E-state index in [0.29, 0.717) is 0 Å². The fraction of sp³-hybridized carbons (Fsp3) is 0.333. The van der Waals surface area contributed by atoms with Crippen LogP contribution in [0.5, 0.6) is 0 Å². The van der Waals surface area contributed by atoms with Crippen molar-refractivity contribution in [3.8, 4) is 0 Å². The maximum atomic E-state index is 11.9. The van der Waals surface area contributed by atoms with Gasteiger partial charge in [-0.2, -0.15) is 0 Å². The van der Waals surface area contributed by atoms with Gasteiger partial charge >= 0.3 is 0 Å². The van der Waals surface area contributed by atoms with Crippen LogP contribution >= 0.6 is 11.6 Å². The molecule has 0 amide bonds. The standard InChI is InChI=1S/C9H12ClNO3S/c1-3-11(14-2)15(12,13)9-7-5-4-6-8(9)10/h4-7H,3H2,1-2H3. The summed E-state index contributed by atoms with van der Waals surface area (Å²) in [6, 6.07) is 6.25. The van der Waals surface area contributed by atoms with Crippen LogP contribution in [0.3, 0.4) is 0 Å². The van der Waals surface area contributed by atoms with Gasteiger partial charge < -0.3 is 0 Å². The molecule has 1 aromatic carbocycles. The molecular formula is C9H12ClNO3S. The first-order valence-corrected chi connectivity index (χ1v) is 6.17. The van der Waals surface area contributed by atoms with Crippen LogP contribution < -0.4 is 0 Å².